The first-order chi connectivity index (χ1) is 8.63. The fraction of sp³-hybridized carbons (Fsp3) is 0.0714. The van der Waals surface area contributed by atoms with Crippen molar-refractivity contribution in [2.45, 2.75) is 6.92 Å². The van der Waals surface area contributed by atoms with Crippen molar-refractivity contribution in [3.05, 3.63) is 47.8 Å². The molecule has 1 heterocycles. The summed E-state index contributed by atoms with van der Waals surface area (Å²) < 4.78 is 13.1. The van der Waals surface area contributed by atoms with Crippen molar-refractivity contribution >= 4 is 16.7 Å². The van der Waals surface area contributed by atoms with Crippen LogP contribution >= 0.6 is 0 Å². The lowest BCUT2D eigenvalue weighted by atomic mass is 10.1. The Morgan fingerprint density at radius 2 is 2.00 bits per heavy atom. The van der Waals surface area contributed by atoms with E-state index in [1.165, 1.54) is 12.1 Å². The van der Waals surface area contributed by atoms with E-state index in [1.807, 2.05) is 25.1 Å². The molecule has 0 amide bonds. The van der Waals surface area contributed by atoms with E-state index >= 15 is 0 Å². The summed E-state index contributed by atoms with van der Waals surface area (Å²) in [6.45, 7) is 1.95. The molecule has 0 saturated heterocycles. The van der Waals surface area contributed by atoms with E-state index in [0.717, 1.165) is 22.3 Å². The van der Waals surface area contributed by atoms with Crippen LogP contribution in [0.25, 0.3) is 22.4 Å². The molecule has 4 heteroatoms. The molecule has 0 fully saturated rings. The molecule has 3 N–H and O–H groups in total. The number of halogens is 1. The maximum Gasteiger partial charge on any atom is 0.138 e. The van der Waals surface area contributed by atoms with Gasteiger partial charge in [-0.05, 0) is 36.8 Å². The van der Waals surface area contributed by atoms with Gasteiger partial charge in [-0.25, -0.2) is 9.37 Å². The summed E-state index contributed by atoms with van der Waals surface area (Å²) in [4.78, 5) is 7.51. The molecule has 0 spiro atoms. The number of hydrogen-bond donors (Lipinski definition) is 2. The normalized spacial score (nSPS) is 11.0. The molecule has 3 rings (SSSR count). The number of benzene rings is 2. The Labute approximate surface area is 103 Å². The number of nitrogens with one attached hydrogen (secondary N) is 1. The summed E-state index contributed by atoms with van der Waals surface area (Å²) >= 11 is 0. The number of aromatic nitrogens is 2. The molecule has 0 aliphatic heterocycles. The molecule has 2 aromatic carbocycles. The highest BCUT2D eigenvalue weighted by molar-refractivity contribution is 5.80. The van der Waals surface area contributed by atoms with E-state index in [9.17, 15) is 4.39 Å². The van der Waals surface area contributed by atoms with Gasteiger partial charge in [0.15, 0.2) is 0 Å². The third-order valence-electron chi connectivity index (χ3n) is 3.00. The lowest BCUT2D eigenvalue weighted by Crippen LogP contribution is -1.90. The summed E-state index contributed by atoms with van der Waals surface area (Å²) in [6.07, 6.45) is 0. The van der Waals surface area contributed by atoms with Crippen LogP contribution < -0.4 is 5.73 Å². The molecule has 90 valence electrons. The largest absolute Gasteiger partial charge is 0.398 e. The number of nitrogen functional groups attached to an aromatic ring is 1. The zero-order chi connectivity index (χ0) is 12.7. The predicted octanol–water partition coefficient (Wildman–Crippen LogP) is 3.26. The number of H-pyrrole nitrogens is 1. The van der Waals surface area contributed by atoms with Crippen LogP contribution in [0.2, 0.25) is 0 Å². The van der Waals surface area contributed by atoms with Crippen LogP contribution in [0.3, 0.4) is 0 Å². The lowest BCUT2D eigenvalue weighted by molar-refractivity contribution is 0.629. The van der Waals surface area contributed by atoms with E-state index in [-0.39, 0.29) is 5.82 Å². The molecule has 0 unspecified atom stereocenters. The standard InChI is InChI=1S/C14H12FN3/c1-8-2-3-9(6-11(8)16)14-17-12-5-4-10(15)7-13(12)18-14/h2-7H,16H2,1H3,(H,17,18). The maximum absolute atomic E-state index is 13.1. The second kappa shape index (κ2) is 3.84. The number of aryl methyl sites for hydroxylation is 1. The Morgan fingerprint density at radius 1 is 1.17 bits per heavy atom. The van der Waals surface area contributed by atoms with Crippen molar-refractivity contribution in [2.24, 2.45) is 0 Å². The van der Waals surface area contributed by atoms with Gasteiger partial charge in [0, 0.05) is 11.3 Å². The van der Waals surface area contributed by atoms with E-state index in [2.05, 4.69) is 9.97 Å². The molecule has 0 atom stereocenters. The van der Waals surface area contributed by atoms with Gasteiger partial charge in [-0.2, -0.15) is 0 Å². The van der Waals surface area contributed by atoms with Crippen molar-refractivity contribution < 1.29 is 4.39 Å². The van der Waals surface area contributed by atoms with Gasteiger partial charge < -0.3 is 10.7 Å². The third kappa shape index (κ3) is 1.72. The number of nitrogens with zero attached hydrogens (tertiary/aromatic N) is 1. The van der Waals surface area contributed by atoms with Crippen molar-refractivity contribution in [3.8, 4) is 11.4 Å². The maximum atomic E-state index is 13.1. The number of rotatable bonds is 1. The third-order valence-corrected chi connectivity index (χ3v) is 3.00. The molecule has 0 saturated carbocycles. The lowest BCUT2D eigenvalue weighted by Gasteiger charge is -2.01. The first kappa shape index (κ1) is 10.8. The SMILES string of the molecule is Cc1ccc(-c2nc3ccc(F)cc3[nH]2)cc1N. The number of fused-ring (bicyclic) bond motifs is 1. The smallest absolute Gasteiger partial charge is 0.138 e. The topological polar surface area (TPSA) is 54.7 Å². The fourth-order valence-electron chi connectivity index (χ4n) is 1.91. The van der Waals surface area contributed by atoms with Crippen LogP contribution in [0.4, 0.5) is 10.1 Å². The molecule has 0 aliphatic rings. The van der Waals surface area contributed by atoms with E-state index < -0.39 is 0 Å². The Kier molecular flexibility index (Phi) is 2.30. The van der Waals surface area contributed by atoms with Gasteiger partial charge in [0.25, 0.3) is 0 Å². The first-order valence-electron chi connectivity index (χ1n) is 5.65. The number of anilines is 1. The summed E-state index contributed by atoms with van der Waals surface area (Å²) in [5.41, 5.74) is 9.95. The Balaban J connectivity index is 2.16. The van der Waals surface area contributed by atoms with Crippen LogP contribution in [0.5, 0.6) is 0 Å². The van der Waals surface area contributed by atoms with E-state index in [4.69, 9.17) is 5.73 Å². The summed E-state index contributed by atoms with van der Waals surface area (Å²) in [6, 6.07) is 10.2. The van der Waals surface area contributed by atoms with Crippen molar-refractivity contribution in [1.82, 2.24) is 9.97 Å². The average Bonchev–Trinajstić information content (AvgIpc) is 2.75. The molecular formula is C14H12FN3. The highest BCUT2D eigenvalue weighted by Gasteiger charge is 2.07. The van der Waals surface area contributed by atoms with Gasteiger partial charge >= 0.3 is 0 Å². The summed E-state index contributed by atoms with van der Waals surface area (Å²) in [5.74, 6) is 0.420. The summed E-state index contributed by atoms with van der Waals surface area (Å²) in [5, 5.41) is 0. The second-order valence-electron chi connectivity index (χ2n) is 4.32. The Hall–Kier alpha value is -2.36. The molecule has 0 radical (unpaired) electrons. The number of nitrogens with two attached hydrogens (primary N) is 1. The fourth-order valence-corrected chi connectivity index (χ4v) is 1.91. The summed E-state index contributed by atoms with van der Waals surface area (Å²) in [7, 11) is 0. The van der Waals surface area contributed by atoms with Crippen LogP contribution in [-0.2, 0) is 0 Å². The van der Waals surface area contributed by atoms with Crippen molar-refractivity contribution in [1.29, 1.82) is 0 Å². The van der Waals surface area contributed by atoms with Gasteiger partial charge in [0.05, 0.1) is 11.0 Å². The number of aromatic amines is 1. The highest BCUT2D eigenvalue weighted by atomic mass is 19.1. The molecule has 3 nitrogen and oxygen atoms in total. The Morgan fingerprint density at radius 3 is 2.78 bits per heavy atom. The van der Waals surface area contributed by atoms with Crippen LogP contribution in [0.15, 0.2) is 36.4 Å². The number of imidazole rings is 1. The second-order valence-corrected chi connectivity index (χ2v) is 4.32. The molecule has 0 aliphatic carbocycles. The first-order valence-corrected chi connectivity index (χ1v) is 5.65. The zero-order valence-electron chi connectivity index (χ0n) is 9.87. The van der Waals surface area contributed by atoms with Crippen LogP contribution in [-0.4, -0.2) is 9.97 Å². The number of hydrogen-bond acceptors (Lipinski definition) is 2. The molecular weight excluding hydrogens is 229 g/mol. The van der Waals surface area contributed by atoms with Gasteiger partial charge in [-0.1, -0.05) is 12.1 Å². The highest BCUT2D eigenvalue weighted by Crippen LogP contribution is 2.24. The molecule has 3 aromatic rings. The van der Waals surface area contributed by atoms with E-state index in [1.54, 1.807) is 6.07 Å². The van der Waals surface area contributed by atoms with Crippen molar-refractivity contribution in [3.63, 3.8) is 0 Å². The molecule has 18 heavy (non-hydrogen) atoms. The van der Waals surface area contributed by atoms with E-state index in [0.29, 0.717) is 11.3 Å². The monoisotopic (exact) mass is 241 g/mol. The molecule has 1 aromatic heterocycles. The van der Waals surface area contributed by atoms with Crippen LogP contribution in [0.1, 0.15) is 5.56 Å². The predicted molar refractivity (Wildman–Crippen MR) is 70.6 cm³/mol. The van der Waals surface area contributed by atoms with Gasteiger partial charge in [0.1, 0.15) is 11.6 Å². The zero-order valence-corrected chi connectivity index (χ0v) is 9.87. The van der Waals surface area contributed by atoms with Gasteiger partial charge in [-0.3, -0.25) is 0 Å². The van der Waals surface area contributed by atoms with Crippen molar-refractivity contribution in [2.75, 3.05) is 5.73 Å². The van der Waals surface area contributed by atoms with Crippen LogP contribution in [0, 0.1) is 12.7 Å². The minimum Gasteiger partial charge on any atom is -0.398 e. The molecule has 0 bridgehead atoms. The average molecular weight is 241 g/mol. The minimum atomic E-state index is -0.277. The van der Waals surface area contributed by atoms with Gasteiger partial charge in [-0.15, -0.1) is 0 Å². The minimum absolute atomic E-state index is 0.277. The Bertz CT molecular complexity index is 731. The van der Waals surface area contributed by atoms with Gasteiger partial charge in [0.2, 0.25) is 0 Å². The quantitative estimate of drug-likeness (QED) is 0.642.